The second kappa shape index (κ2) is 6.82. The number of carbonyl (C=O) groups is 1. The molecule has 5 N–H and O–H groups in total. The van der Waals surface area contributed by atoms with Gasteiger partial charge in [-0.3, -0.25) is 4.79 Å². The van der Waals surface area contributed by atoms with Crippen molar-refractivity contribution in [2.75, 3.05) is 19.7 Å². The van der Waals surface area contributed by atoms with Crippen molar-refractivity contribution in [1.82, 2.24) is 5.32 Å². The van der Waals surface area contributed by atoms with Gasteiger partial charge in [0.25, 0.3) is 0 Å². The number of aliphatic hydroxyl groups is 2. The minimum atomic E-state index is -0.687. The van der Waals surface area contributed by atoms with E-state index in [0.29, 0.717) is 0 Å². The maximum Gasteiger partial charge on any atom is 0.220 e. The molecule has 2 atom stereocenters. The summed E-state index contributed by atoms with van der Waals surface area (Å²) in [5.41, 5.74) is 5.14. The quantitative estimate of drug-likeness (QED) is 0.407. The molecule has 0 aromatic carbocycles. The average molecular weight is 190 g/mol. The van der Waals surface area contributed by atoms with Gasteiger partial charge in [-0.15, -0.1) is 0 Å². The summed E-state index contributed by atoms with van der Waals surface area (Å²) < 4.78 is 0. The van der Waals surface area contributed by atoms with Crippen LogP contribution in [0.15, 0.2) is 0 Å². The van der Waals surface area contributed by atoms with E-state index in [1.54, 1.807) is 6.92 Å². The van der Waals surface area contributed by atoms with Gasteiger partial charge in [-0.25, -0.2) is 0 Å². The van der Waals surface area contributed by atoms with Crippen LogP contribution in [0.2, 0.25) is 0 Å². The second-order valence-electron chi connectivity index (χ2n) is 3.19. The fourth-order valence-electron chi connectivity index (χ4n) is 0.768. The Kier molecular flexibility index (Phi) is 6.48. The maximum atomic E-state index is 11.1. The first-order chi connectivity index (χ1) is 6.10. The zero-order valence-electron chi connectivity index (χ0n) is 7.86. The van der Waals surface area contributed by atoms with Crippen molar-refractivity contribution in [3.63, 3.8) is 0 Å². The van der Waals surface area contributed by atoms with Crippen molar-refractivity contribution in [3.8, 4) is 0 Å². The smallest absolute Gasteiger partial charge is 0.220 e. The molecule has 0 radical (unpaired) electrons. The molecule has 2 unspecified atom stereocenters. The molecule has 5 heteroatoms. The van der Waals surface area contributed by atoms with Crippen LogP contribution < -0.4 is 11.1 Å². The van der Waals surface area contributed by atoms with Gasteiger partial charge in [0.1, 0.15) is 0 Å². The number of aliphatic hydroxyl groups excluding tert-OH is 2. The minimum Gasteiger partial charge on any atom is -0.396 e. The topological polar surface area (TPSA) is 95.6 Å². The van der Waals surface area contributed by atoms with Crippen molar-refractivity contribution in [3.05, 3.63) is 0 Å². The SMILES string of the molecule is CC(CO)CC(=O)NCC(O)CN. The summed E-state index contributed by atoms with van der Waals surface area (Å²) in [5, 5.41) is 20.2. The highest BCUT2D eigenvalue weighted by molar-refractivity contribution is 5.76. The van der Waals surface area contributed by atoms with Crippen LogP contribution in [-0.2, 0) is 4.79 Å². The largest absolute Gasteiger partial charge is 0.396 e. The van der Waals surface area contributed by atoms with Crippen LogP contribution in [0.4, 0.5) is 0 Å². The molecule has 1 amide bonds. The van der Waals surface area contributed by atoms with Crippen molar-refractivity contribution in [2.45, 2.75) is 19.4 Å². The van der Waals surface area contributed by atoms with E-state index in [-0.39, 0.29) is 37.9 Å². The number of hydrogen-bond donors (Lipinski definition) is 4. The van der Waals surface area contributed by atoms with Crippen molar-refractivity contribution in [2.24, 2.45) is 11.7 Å². The molecule has 0 aliphatic carbocycles. The molecule has 0 bridgehead atoms. The van der Waals surface area contributed by atoms with Crippen molar-refractivity contribution in [1.29, 1.82) is 0 Å². The predicted octanol–water partition coefficient (Wildman–Crippen LogP) is -1.56. The zero-order valence-corrected chi connectivity index (χ0v) is 7.86. The fourth-order valence-corrected chi connectivity index (χ4v) is 0.768. The number of nitrogens with two attached hydrogens (primary N) is 1. The van der Waals surface area contributed by atoms with E-state index in [2.05, 4.69) is 5.32 Å². The summed E-state index contributed by atoms with van der Waals surface area (Å²) in [6, 6.07) is 0. The Morgan fingerprint density at radius 1 is 1.62 bits per heavy atom. The third-order valence-electron chi connectivity index (χ3n) is 1.65. The number of amides is 1. The molecule has 13 heavy (non-hydrogen) atoms. The van der Waals surface area contributed by atoms with Gasteiger partial charge in [0.15, 0.2) is 0 Å². The Morgan fingerprint density at radius 3 is 2.69 bits per heavy atom. The molecule has 0 aromatic rings. The van der Waals surface area contributed by atoms with E-state index in [1.807, 2.05) is 0 Å². The molecule has 5 nitrogen and oxygen atoms in total. The van der Waals surface area contributed by atoms with E-state index in [4.69, 9.17) is 15.9 Å². The van der Waals surface area contributed by atoms with E-state index in [9.17, 15) is 4.79 Å². The third kappa shape index (κ3) is 6.51. The number of hydrogen-bond acceptors (Lipinski definition) is 4. The third-order valence-corrected chi connectivity index (χ3v) is 1.65. The van der Waals surface area contributed by atoms with E-state index < -0.39 is 6.10 Å². The molecule has 0 fully saturated rings. The van der Waals surface area contributed by atoms with E-state index >= 15 is 0 Å². The minimum absolute atomic E-state index is 0.00708. The predicted molar refractivity (Wildman–Crippen MR) is 48.9 cm³/mol. The lowest BCUT2D eigenvalue weighted by Crippen LogP contribution is -2.36. The summed E-state index contributed by atoms with van der Waals surface area (Å²) in [4.78, 5) is 11.1. The summed E-state index contributed by atoms with van der Waals surface area (Å²) in [6.07, 6.45) is -0.415. The highest BCUT2D eigenvalue weighted by atomic mass is 16.3. The lowest BCUT2D eigenvalue weighted by atomic mass is 10.1. The van der Waals surface area contributed by atoms with Gasteiger partial charge in [-0.2, -0.15) is 0 Å². The van der Waals surface area contributed by atoms with Crippen LogP contribution in [0.25, 0.3) is 0 Å². The average Bonchev–Trinajstić information content (AvgIpc) is 2.13. The monoisotopic (exact) mass is 190 g/mol. The van der Waals surface area contributed by atoms with Crippen LogP contribution in [-0.4, -0.2) is 41.9 Å². The molecule has 0 aromatic heterocycles. The van der Waals surface area contributed by atoms with Crippen molar-refractivity contribution >= 4 is 5.91 Å². The first-order valence-corrected chi connectivity index (χ1v) is 4.35. The van der Waals surface area contributed by atoms with Crippen LogP contribution >= 0.6 is 0 Å². The van der Waals surface area contributed by atoms with Crippen LogP contribution in [0.3, 0.4) is 0 Å². The molecule has 78 valence electrons. The van der Waals surface area contributed by atoms with Gasteiger partial charge in [0, 0.05) is 26.1 Å². The molecule has 0 rings (SSSR count). The second-order valence-corrected chi connectivity index (χ2v) is 3.19. The van der Waals surface area contributed by atoms with Gasteiger partial charge in [0.2, 0.25) is 5.91 Å². The summed E-state index contributed by atoms with van der Waals surface area (Å²) in [7, 11) is 0. The molecule has 0 saturated heterocycles. The first-order valence-electron chi connectivity index (χ1n) is 4.35. The summed E-state index contributed by atoms with van der Waals surface area (Å²) >= 11 is 0. The normalized spacial score (nSPS) is 15.1. The molecule has 0 aliphatic rings. The Bertz CT molecular complexity index is 152. The highest BCUT2D eigenvalue weighted by Gasteiger charge is 2.08. The van der Waals surface area contributed by atoms with Crippen LogP contribution in [0, 0.1) is 5.92 Å². The number of rotatable bonds is 6. The fraction of sp³-hybridized carbons (Fsp3) is 0.875. The molecular formula is C8H18N2O3. The van der Waals surface area contributed by atoms with E-state index in [0.717, 1.165) is 0 Å². The lowest BCUT2D eigenvalue weighted by Gasteiger charge is -2.11. The number of carbonyl (C=O) groups excluding carboxylic acids is 1. The van der Waals surface area contributed by atoms with Crippen LogP contribution in [0.1, 0.15) is 13.3 Å². The van der Waals surface area contributed by atoms with Gasteiger partial charge < -0.3 is 21.3 Å². The molecule has 0 aliphatic heterocycles. The highest BCUT2D eigenvalue weighted by Crippen LogP contribution is 1.98. The summed E-state index contributed by atoms with van der Waals surface area (Å²) in [5.74, 6) is -0.218. The first kappa shape index (κ1) is 12.3. The standard InChI is InChI=1S/C8H18N2O3/c1-6(5-11)2-8(13)10-4-7(12)3-9/h6-7,11-12H,2-5,9H2,1H3,(H,10,13). The molecule has 0 spiro atoms. The zero-order chi connectivity index (χ0) is 10.3. The van der Waals surface area contributed by atoms with Gasteiger partial charge in [-0.05, 0) is 5.92 Å². The Labute approximate surface area is 77.9 Å². The lowest BCUT2D eigenvalue weighted by molar-refractivity contribution is -0.122. The Hall–Kier alpha value is -0.650. The van der Waals surface area contributed by atoms with Gasteiger partial charge >= 0.3 is 0 Å². The van der Waals surface area contributed by atoms with E-state index in [1.165, 1.54) is 0 Å². The van der Waals surface area contributed by atoms with Gasteiger partial charge in [0.05, 0.1) is 6.10 Å². The van der Waals surface area contributed by atoms with Crippen LogP contribution in [0.5, 0.6) is 0 Å². The maximum absolute atomic E-state index is 11.1. The Morgan fingerprint density at radius 2 is 2.23 bits per heavy atom. The molecular weight excluding hydrogens is 172 g/mol. The summed E-state index contributed by atoms with van der Waals surface area (Å²) in [6.45, 7) is 2.08. The van der Waals surface area contributed by atoms with Crippen molar-refractivity contribution < 1.29 is 15.0 Å². The van der Waals surface area contributed by atoms with Gasteiger partial charge in [-0.1, -0.05) is 6.92 Å². The molecule has 0 heterocycles. The number of nitrogens with one attached hydrogen (secondary N) is 1. The molecule has 0 saturated carbocycles. The Balaban J connectivity index is 3.51.